The number of nitrogens with zero attached hydrogens (tertiary/aromatic N) is 2. The van der Waals surface area contributed by atoms with Crippen LogP contribution >= 0.6 is 0 Å². The van der Waals surface area contributed by atoms with Crippen molar-refractivity contribution >= 4 is 12.0 Å². The lowest BCUT2D eigenvalue weighted by atomic mass is 10.1. The van der Waals surface area contributed by atoms with E-state index < -0.39 is 0 Å². The van der Waals surface area contributed by atoms with E-state index in [2.05, 4.69) is 23.9 Å². The number of benzene rings is 1. The number of likely N-dealkylation sites (tertiary alicyclic amines) is 1. The van der Waals surface area contributed by atoms with Crippen LogP contribution in [0.3, 0.4) is 0 Å². The van der Waals surface area contributed by atoms with Crippen molar-refractivity contribution < 1.29 is 4.79 Å². The molecule has 0 spiro atoms. The molecule has 1 aromatic carbocycles. The predicted molar refractivity (Wildman–Crippen MR) is 66.1 cm³/mol. The van der Waals surface area contributed by atoms with E-state index in [1.165, 1.54) is 6.42 Å². The number of rotatable bonds is 3. The predicted octanol–water partition coefficient (Wildman–Crippen LogP) is 1.64. The first-order chi connectivity index (χ1) is 7.72. The highest BCUT2D eigenvalue weighted by atomic mass is 16.1. The van der Waals surface area contributed by atoms with Crippen molar-refractivity contribution in [2.45, 2.75) is 12.5 Å². The minimum atomic E-state index is 0.520. The summed E-state index contributed by atoms with van der Waals surface area (Å²) in [5.74, 6) is 0. The van der Waals surface area contributed by atoms with Crippen molar-refractivity contribution in [1.82, 2.24) is 4.90 Å². The van der Waals surface area contributed by atoms with Gasteiger partial charge in [-0.25, -0.2) is 0 Å². The Bertz CT molecular complexity index is 378. The third kappa shape index (κ3) is 2.09. The number of carbonyl (C=O) groups excluding carboxylic acids is 1. The van der Waals surface area contributed by atoms with Gasteiger partial charge < -0.3 is 9.80 Å². The summed E-state index contributed by atoms with van der Waals surface area (Å²) in [4.78, 5) is 15.5. The summed E-state index contributed by atoms with van der Waals surface area (Å²) in [6.45, 7) is 2.21. The van der Waals surface area contributed by atoms with Crippen LogP contribution in [0.25, 0.3) is 0 Å². The van der Waals surface area contributed by atoms with Crippen LogP contribution in [-0.2, 0) is 0 Å². The van der Waals surface area contributed by atoms with E-state index in [9.17, 15) is 4.79 Å². The average Bonchev–Trinajstić information content (AvgIpc) is 2.75. The summed E-state index contributed by atoms with van der Waals surface area (Å²) < 4.78 is 0. The number of hydrogen-bond acceptors (Lipinski definition) is 3. The number of para-hydroxylation sites is 1. The molecule has 1 aliphatic rings. The van der Waals surface area contributed by atoms with Crippen LogP contribution in [-0.4, -0.2) is 44.4 Å². The molecule has 0 N–H and O–H groups in total. The Hall–Kier alpha value is -1.35. The molecule has 1 aliphatic heterocycles. The van der Waals surface area contributed by atoms with E-state index in [1.54, 1.807) is 0 Å². The number of likely N-dealkylation sites (N-methyl/N-ethyl adjacent to an activating group) is 2. The molecule has 1 saturated heterocycles. The summed E-state index contributed by atoms with van der Waals surface area (Å²) in [7, 11) is 4.21. The summed E-state index contributed by atoms with van der Waals surface area (Å²) in [6, 6.07) is 8.30. The van der Waals surface area contributed by atoms with Gasteiger partial charge >= 0.3 is 0 Å². The van der Waals surface area contributed by atoms with Gasteiger partial charge in [-0.05, 0) is 32.1 Å². The van der Waals surface area contributed by atoms with Gasteiger partial charge in [-0.1, -0.05) is 12.1 Å². The first-order valence-corrected chi connectivity index (χ1v) is 5.68. The van der Waals surface area contributed by atoms with Gasteiger partial charge in [-0.15, -0.1) is 0 Å². The van der Waals surface area contributed by atoms with Crippen LogP contribution in [0, 0.1) is 0 Å². The van der Waals surface area contributed by atoms with E-state index in [0.29, 0.717) is 6.04 Å². The van der Waals surface area contributed by atoms with E-state index >= 15 is 0 Å². The highest BCUT2D eigenvalue weighted by Crippen LogP contribution is 2.23. The van der Waals surface area contributed by atoms with Gasteiger partial charge in [0.15, 0.2) is 6.29 Å². The second-order valence-electron chi connectivity index (χ2n) is 4.49. The normalized spacial score (nSPS) is 21.0. The maximum absolute atomic E-state index is 11.0. The van der Waals surface area contributed by atoms with Crippen molar-refractivity contribution in [1.29, 1.82) is 0 Å². The number of hydrogen-bond donors (Lipinski definition) is 0. The molecular weight excluding hydrogens is 200 g/mol. The van der Waals surface area contributed by atoms with Gasteiger partial charge in [0, 0.05) is 30.9 Å². The van der Waals surface area contributed by atoms with E-state index in [-0.39, 0.29) is 0 Å². The molecule has 0 amide bonds. The van der Waals surface area contributed by atoms with Crippen LogP contribution in [0.1, 0.15) is 16.8 Å². The quantitative estimate of drug-likeness (QED) is 0.721. The maximum atomic E-state index is 11.0. The molecule has 0 saturated carbocycles. The summed E-state index contributed by atoms with van der Waals surface area (Å²) in [6.07, 6.45) is 2.10. The van der Waals surface area contributed by atoms with Crippen molar-refractivity contribution in [3.63, 3.8) is 0 Å². The smallest absolute Gasteiger partial charge is 0.152 e. The second kappa shape index (κ2) is 4.66. The highest BCUT2D eigenvalue weighted by molar-refractivity contribution is 5.84. The summed E-state index contributed by atoms with van der Waals surface area (Å²) in [5.41, 5.74) is 1.82. The molecule has 0 aliphatic carbocycles. The van der Waals surface area contributed by atoms with Gasteiger partial charge in [0.25, 0.3) is 0 Å². The topological polar surface area (TPSA) is 23.6 Å². The van der Waals surface area contributed by atoms with Crippen LogP contribution in [0.2, 0.25) is 0 Å². The van der Waals surface area contributed by atoms with Gasteiger partial charge in [-0.3, -0.25) is 4.79 Å². The van der Waals surface area contributed by atoms with Crippen molar-refractivity contribution in [3.05, 3.63) is 29.8 Å². The van der Waals surface area contributed by atoms with Crippen molar-refractivity contribution in [2.24, 2.45) is 0 Å². The molecule has 2 rings (SSSR count). The number of carbonyl (C=O) groups is 1. The fourth-order valence-electron chi connectivity index (χ4n) is 2.33. The second-order valence-corrected chi connectivity index (χ2v) is 4.49. The average molecular weight is 218 g/mol. The Balaban J connectivity index is 2.20. The zero-order chi connectivity index (χ0) is 11.5. The summed E-state index contributed by atoms with van der Waals surface area (Å²) in [5, 5.41) is 0. The Kier molecular flexibility index (Phi) is 3.25. The molecular formula is C13H18N2O. The highest BCUT2D eigenvalue weighted by Gasteiger charge is 2.24. The first kappa shape index (κ1) is 11.1. The van der Waals surface area contributed by atoms with Gasteiger partial charge in [0.1, 0.15) is 0 Å². The molecule has 1 atom stereocenters. The molecule has 0 bridgehead atoms. The van der Waals surface area contributed by atoms with Crippen LogP contribution in [0.15, 0.2) is 24.3 Å². The maximum Gasteiger partial charge on any atom is 0.152 e. The molecule has 86 valence electrons. The number of aldehydes is 1. The molecule has 1 unspecified atom stereocenters. The Labute approximate surface area is 96.7 Å². The molecule has 16 heavy (non-hydrogen) atoms. The van der Waals surface area contributed by atoms with E-state index in [0.717, 1.165) is 30.6 Å². The first-order valence-electron chi connectivity index (χ1n) is 5.68. The lowest BCUT2D eigenvalue weighted by molar-refractivity contribution is 0.112. The van der Waals surface area contributed by atoms with E-state index in [4.69, 9.17) is 0 Å². The molecule has 0 radical (unpaired) electrons. The van der Waals surface area contributed by atoms with Crippen molar-refractivity contribution in [3.8, 4) is 0 Å². The van der Waals surface area contributed by atoms with Crippen LogP contribution < -0.4 is 4.90 Å². The third-order valence-corrected chi connectivity index (χ3v) is 3.36. The zero-order valence-electron chi connectivity index (χ0n) is 9.89. The van der Waals surface area contributed by atoms with Crippen molar-refractivity contribution in [2.75, 3.05) is 32.1 Å². The molecule has 1 aromatic rings. The Morgan fingerprint density at radius 2 is 2.19 bits per heavy atom. The van der Waals surface area contributed by atoms with Gasteiger partial charge in [0.05, 0.1) is 0 Å². The third-order valence-electron chi connectivity index (χ3n) is 3.36. The monoisotopic (exact) mass is 218 g/mol. The largest absolute Gasteiger partial charge is 0.370 e. The lowest BCUT2D eigenvalue weighted by Gasteiger charge is -2.27. The van der Waals surface area contributed by atoms with Crippen LogP contribution in [0.5, 0.6) is 0 Å². The fourth-order valence-corrected chi connectivity index (χ4v) is 2.33. The molecule has 1 heterocycles. The molecule has 0 aromatic heterocycles. The SMILES string of the molecule is CN1CCC(N(C)c2ccccc2C=O)C1. The standard InChI is InChI=1S/C13H18N2O/c1-14-8-7-12(9-14)15(2)13-6-4-3-5-11(13)10-16/h3-6,10,12H,7-9H2,1-2H3. The number of anilines is 1. The Morgan fingerprint density at radius 3 is 2.81 bits per heavy atom. The van der Waals surface area contributed by atoms with Gasteiger partial charge in [0.2, 0.25) is 0 Å². The lowest BCUT2D eigenvalue weighted by Crippen LogP contribution is -2.34. The Morgan fingerprint density at radius 1 is 1.44 bits per heavy atom. The van der Waals surface area contributed by atoms with Crippen LogP contribution in [0.4, 0.5) is 5.69 Å². The molecule has 1 fully saturated rings. The minimum Gasteiger partial charge on any atom is -0.370 e. The zero-order valence-corrected chi connectivity index (χ0v) is 9.89. The summed E-state index contributed by atoms with van der Waals surface area (Å²) >= 11 is 0. The fraction of sp³-hybridized carbons (Fsp3) is 0.462. The van der Waals surface area contributed by atoms with Gasteiger partial charge in [-0.2, -0.15) is 0 Å². The molecule has 3 nitrogen and oxygen atoms in total. The molecule has 3 heteroatoms. The minimum absolute atomic E-state index is 0.520. The van der Waals surface area contributed by atoms with E-state index in [1.807, 2.05) is 24.3 Å².